The molecule has 1 aliphatic carbocycles. The van der Waals surface area contributed by atoms with Crippen LogP contribution in [0.1, 0.15) is 98.6 Å². The summed E-state index contributed by atoms with van der Waals surface area (Å²) in [4.78, 5) is 33.5. The van der Waals surface area contributed by atoms with Gasteiger partial charge in [-0.3, -0.25) is 9.59 Å². The molecule has 4 aliphatic rings. The number of aromatic amines is 1. The number of rotatable bonds is 8. The number of H-pyrrole nitrogens is 1. The molecule has 1 saturated heterocycles. The largest absolute Gasteiger partial charge is 0.461 e. The lowest BCUT2D eigenvalue weighted by atomic mass is 9.92. The Kier molecular flexibility index (Phi) is 9.71. The third-order valence-electron chi connectivity index (χ3n) is 9.71. The average molecular weight is 624 g/mol. The second-order valence-electron chi connectivity index (χ2n) is 13.5. The van der Waals surface area contributed by atoms with Crippen molar-refractivity contribution in [1.29, 1.82) is 0 Å². The van der Waals surface area contributed by atoms with Crippen molar-refractivity contribution in [3.05, 3.63) is 93.9 Å². The van der Waals surface area contributed by atoms with Crippen molar-refractivity contribution in [2.24, 2.45) is 5.92 Å². The number of likely N-dealkylation sites (N-methyl/N-ethyl adjacent to an activating group) is 1. The molecule has 0 saturated carbocycles. The minimum absolute atomic E-state index is 0.0590. The molecular weight excluding hydrogens is 574 g/mol. The fourth-order valence-electron chi connectivity index (χ4n) is 7.41. The number of anilines is 1. The Labute approximate surface area is 273 Å². The molecule has 244 valence electrons. The molecular formula is C38H49N5O3. The van der Waals surface area contributed by atoms with E-state index in [0.29, 0.717) is 23.3 Å². The van der Waals surface area contributed by atoms with E-state index in [4.69, 9.17) is 4.74 Å². The Morgan fingerprint density at radius 1 is 1.11 bits per heavy atom. The second-order valence-corrected chi connectivity index (χ2v) is 13.5. The molecule has 6 rings (SSSR count). The number of carbonyl (C=O) groups excluding carboxylic acids is 2. The Bertz CT molecular complexity index is 1570. The van der Waals surface area contributed by atoms with Gasteiger partial charge in [0.15, 0.2) is 0 Å². The summed E-state index contributed by atoms with van der Waals surface area (Å²) in [6.07, 6.45) is 19.3. The summed E-state index contributed by atoms with van der Waals surface area (Å²) >= 11 is 0. The molecule has 3 aliphatic heterocycles. The monoisotopic (exact) mass is 623 g/mol. The molecule has 1 aromatic heterocycles. The van der Waals surface area contributed by atoms with Crippen LogP contribution >= 0.6 is 0 Å². The third-order valence-corrected chi connectivity index (χ3v) is 9.71. The van der Waals surface area contributed by atoms with E-state index >= 15 is 0 Å². The summed E-state index contributed by atoms with van der Waals surface area (Å²) in [7, 11) is 2.07. The van der Waals surface area contributed by atoms with Gasteiger partial charge < -0.3 is 30.2 Å². The molecule has 1 fully saturated rings. The van der Waals surface area contributed by atoms with Crippen molar-refractivity contribution in [1.82, 2.24) is 20.1 Å². The number of amides is 1. The maximum absolute atomic E-state index is 13.4. The minimum Gasteiger partial charge on any atom is -0.461 e. The molecule has 0 bridgehead atoms. The van der Waals surface area contributed by atoms with E-state index in [9.17, 15) is 9.59 Å². The second kappa shape index (κ2) is 14.1. The van der Waals surface area contributed by atoms with Crippen molar-refractivity contribution in [2.45, 2.75) is 91.2 Å². The number of aryl methyl sites for hydroxylation is 2. The van der Waals surface area contributed by atoms with E-state index in [1.54, 1.807) is 0 Å². The fourth-order valence-corrected chi connectivity index (χ4v) is 7.41. The summed E-state index contributed by atoms with van der Waals surface area (Å²) < 4.78 is 5.53. The van der Waals surface area contributed by atoms with Gasteiger partial charge in [-0.05, 0) is 97.9 Å². The van der Waals surface area contributed by atoms with E-state index < -0.39 is 0 Å². The van der Waals surface area contributed by atoms with Crippen LogP contribution in [0.4, 0.5) is 5.69 Å². The predicted octanol–water partition coefficient (Wildman–Crippen LogP) is 7.04. The van der Waals surface area contributed by atoms with E-state index in [-0.39, 0.29) is 18.5 Å². The molecule has 3 N–H and O–H groups in total. The number of allylic oxidation sites excluding steroid dienone is 4. The number of aromatic nitrogens is 1. The fraction of sp³-hybridized carbons (Fsp3) is 0.474. The van der Waals surface area contributed by atoms with Crippen molar-refractivity contribution in [2.75, 3.05) is 25.5 Å². The van der Waals surface area contributed by atoms with Crippen molar-refractivity contribution in [3.63, 3.8) is 0 Å². The average Bonchev–Trinajstić information content (AvgIpc) is 3.46. The maximum Gasteiger partial charge on any atom is 0.302 e. The van der Waals surface area contributed by atoms with Crippen LogP contribution in [0.5, 0.6) is 0 Å². The van der Waals surface area contributed by atoms with Gasteiger partial charge in [0.1, 0.15) is 12.3 Å². The van der Waals surface area contributed by atoms with E-state index in [1.165, 1.54) is 37.4 Å². The molecule has 1 amide bonds. The highest BCUT2D eigenvalue weighted by atomic mass is 16.5. The van der Waals surface area contributed by atoms with Crippen LogP contribution in [-0.4, -0.2) is 52.8 Å². The first-order chi connectivity index (χ1) is 22.3. The lowest BCUT2D eigenvalue weighted by Crippen LogP contribution is -2.39. The summed E-state index contributed by atoms with van der Waals surface area (Å²) in [6.45, 7) is 8.00. The van der Waals surface area contributed by atoms with Crippen molar-refractivity contribution < 1.29 is 14.3 Å². The van der Waals surface area contributed by atoms with Crippen LogP contribution in [-0.2, 0) is 29.0 Å². The third kappa shape index (κ3) is 7.27. The van der Waals surface area contributed by atoms with Gasteiger partial charge in [0.25, 0.3) is 5.91 Å². The summed E-state index contributed by atoms with van der Waals surface area (Å²) in [5, 5.41) is 6.89. The topological polar surface area (TPSA) is 89.7 Å². The molecule has 2 unspecified atom stereocenters. The molecule has 2 aromatic rings. The number of fused-ring (bicyclic) bond motifs is 2. The van der Waals surface area contributed by atoms with Crippen LogP contribution in [0.25, 0.3) is 5.57 Å². The zero-order valence-electron chi connectivity index (χ0n) is 27.9. The van der Waals surface area contributed by atoms with Gasteiger partial charge in [-0.1, -0.05) is 38.8 Å². The molecule has 8 nitrogen and oxygen atoms in total. The van der Waals surface area contributed by atoms with Gasteiger partial charge >= 0.3 is 5.97 Å². The number of benzene rings is 1. The Hall–Kier alpha value is -4.20. The highest BCUT2D eigenvalue weighted by Gasteiger charge is 2.26. The molecule has 1 aromatic carbocycles. The minimum atomic E-state index is -0.364. The SMILES string of the molecule is CCC1C=C(NC2=CC(c3cccc(NC(=O)c4cc5c([nH]4)CCCC5)c3COC(C)=O)=CN(C)C2)C=C2CC(C)CCCCN21. The van der Waals surface area contributed by atoms with E-state index in [2.05, 4.69) is 70.7 Å². The number of ether oxygens (including phenoxy) is 1. The number of hydrogen-bond donors (Lipinski definition) is 3. The van der Waals surface area contributed by atoms with Crippen molar-refractivity contribution in [3.8, 4) is 0 Å². The first-order valence-electron chi connectivity index (χ1n) is 17.1. The van der Waals surface area contributed by atoms with Crippen LogP contribution < -0.4 is 10.6 Å². The Balaban J connectivity index is 1.28. The maximum atomic E-state index is 13.4. The summed E-state index contributed by atoms with van der Waals surface area (Å²) in [6, 6.07) is 8.23. The summed E-state index contributed by atoms with van der Waals surface area (Å²) in [5.74, 6) is 0.131. The zero-order valence-corrected chi connectivity index (χ0v) is 27.9. The Morgan fingerprint density at radius 3 is 2.76 bits per heavy atom. The first-order valence-corrected chi connectivity index (χ1v) is 17.1. The van der Waals surface area contributed by atoms with Gasteiger partial charge in [-0.15, -0.1) is 0 Å². The summed E-state index contributed by atoms with van der Waals surface area (Å²) in [5.41, 5.74) is 9.96. The predicted molar refractivity (Wildman–Crippen MR) is 184 cm³/mol. The van der Waals surface area contributed by atoms with Crippen molar-refractivity contribution >= 4 is 23.1 Å². The molecule has 0 radical (unpaired) electrons. The van der Waals surface area contributed by atoms with E-state index in [0.717, 1.165) is 85.4 Å². The highest BCUT2D eigenvalue weighted by molar-refractivity contribution is 6.04. The number of hydrogen-bond acceptors (Lipinski definition) is 6. The van der Waals surface area contributed by atoms with Crippen LogP contribution in [0, 0.1) is 5.92 Å². The molecule has 4 heterocycles. The first kappa shape index (κ1) is 31.8. The lowest BCUT2D eigenvalue weighted by molar-refractivity contribution is -0.142. The molecule has 8 heteroatoms. The zero-order chi connectivity index (χ0) is 32.2. The number of nitrogens with one attached hydrogen (secondary N) is 3. The molecule has 2 atom stereocenters. The number of carbonyl (C=O) groups is 2. The normalized spacial score (nSPS) is 21.4. The standard InChI is InChI=1S/C38H49N5O3/c1-5-31-20-29(21-32-17-25(2)11-8-9-16-43(31)32)39-30-18-28(22-42(4)23-30)33-13-10-15-36(34(33)24-46-26(3)44)41-38(45)37-19-27-12-6-7-14-35(27)40-37/h10,13,15,18-22,25,31,39-40H,5-9,11-12,14,16-17,23-24H2,1-4H3,(H,41,45). The molecule has 0 spiro atoms. The molecule has 46 heavy (non-hydrogen) atoms. The van der Waals surface area contributed by atoms with Gasteiger partial charge in [0, 0.05) is 66.8 Å². The van der Waals surface area contributed by atoms with E-state index in [1.807, 2.05) is 24.3 Å². The number of esters is 1. The van der Waals surface area contributed by atoms with Gasteiger partial charge in [0.2, 0.25) is 0 Å². The van der Waals surface area contributed by atoms with Gasteiger partial charge in [-0.25, -0.2) is 0 Å². The highest BCUT2D eigenvalue weighted by Crippen LogP contribution is 2.33. The van der Waals surface area contributed by atoms with Gasteiger partial charge in [0.05, 0.1) is 6.54 Å². The van der Waals surface area contributed by atoms with Crippen LogP contribution in [0.3, 0.4) is 0 Å². The lowest BCUT2D eigenvalue weighted by Gasteiger charge is -2.40. The van der Waals surface area contributed by atoms with Crippen LogP contribution in [0.15, 0.2) is 65.8 Å². The Morgan fingerprint density at radius 2 is 1.96 bits per heavy atom. The smallest absolute Gasteiger partial charge is 0.302 e. The van der Waals surface area contributed by atoms with Crippen LogP contribution in [0.2, 0.25) is 0 Å². The number of nitrogens with zero attached hydrogens (tertiary/aromatic N) is 2. The quantitative estimate of drug-likeness (QED) is 0.274. The van der Waals surface area contributed by atoms with Gasteiger partial charge in [-0.2, -0.15) is 0 Å².